The number of carboxylic acid groups (broad SMARTS) is 2. The van der Waals surface area contributed by atoms with Crippen molar-refractivity contribution < 1.29 is 98.2 Å². The minimum atomic E-state index is -1.32. The molecule has 45 heavy (non-hydrogen) atoms. The molecule has 16 nitrogen and oxygen atoms in total. The molecule has 0 saturated heterocycles. The Labute approximate surface area is 269 Å². The molecule has 17 heteroatoms. The molecule has 0 aromatic heterocycles. The average molecular weight is 758 g/mol. The molecule has 254 valence electrons. The molecule has 4 unspecified atom stereocenters. The number of aliphatic carboxylic acids is 2. The number of hydrogen-bond donors (Lipinski definition) is 2. The first-order valence-corrected chi connectivity index (χ1v) is 16.6. The third-order valence-electron chi connectivity index (χ3n) is 4.70. The first-order chi connectivity index (χ1) is 21.1. The van der Waals surface area contributed by atoms with Crippen LogP contribution in [0.1, 0.15) is 53.4 Å². The molecule has 0 radical (unpaired) electrons. The summed E-state index contributed by atoms with van der Waals surface area (Å²) in [5.41, 5.74) is 0. The smallest absolute Gasteiger partial charge is 0.478 e. The topological polar surface area (TPSA) is 232 Å². The molecule has 0 aromatic carbocycles. The molecule has 0 heterocycles. The van der Waals surface area contributed by atoms with Gasteiger partial charge in [0.2, 0.25) is 0 Å². The molecule has 0 saturated carbocycles. The Bertz CT molecular complexity index is 1010. The van der Waals surface area contributed by atoms with Crippen LogP contribution in [-0.2, 0) is 66.8 Å². The number of ether oxygens (including phenoxy) is 6. The number of hydrogen-bond acceptors (Lipinski definition) is 14. The second-order valence-electron chi connectivity index (χ2n) is 9.30. The van der Waals surface area contributed by atoms with Gasteiger partial charge in [-0.3, -0.25) is 0 Å². The zero-order valence-electron chi connectivity index (χ0n) is 25.3. The maximum absolute atomic E-state index is 12.0. The van der Waals surface area contributed by atoms with Crippen LogP contribution in [0.4, 0.5) is 0 Å². The third kappa shape index (κ3) is 25.0. The van der Waals surface area contributed by atoms with Crippen molar-refractivity contribution in [2.75, 3.05) is 22.1 Å². The summed E-state index contributed by atoms with van der Waals surface area (Å²) < 4.78 is 31.2. The van der Waals surface area contributed by atoms with E-state index in [2.05, 4.69) is 0 Å². The zero-order chi connectivity index (χ0) is 34.4. The molecule has 0 aliphatic rings. The number of carbonyl (C=O) groups excluding carboxylic acids is 6. The van der Waals surface area contributed by atoms with Gasteiger partial charge in [-0.05, 0) is 0 Å². The number of carboxylic acids is 2. The van der Waals surface area contributed by atoms with Crippen molar-refractivity contribution in [2.24, 2.45) is 0 Å². The van der Waals surface area contributed by atoms with Gasteiger partial charge in [0.05, 0.1) is 0 Å². The number of halogens is 1. The van der Waals surface area contributed by atoms with Gasteiger partial charge in [0.25, 0.3) is 0 Å². The molecule has 0 aliphatic carbocycles. The number of rotatable bonds is 22. The van der Waals surface area contributed by atoms with Crippen LogP contribution in [-0.4, -0.2) is 104 Å². The zero-order valence-corrected chi connectivity index (χ0v) is 27.4. The van der Waals surface area contributed by atoms with E-state index in [1.165, 1.54) is 13.8 Å². The molecular formula is C28H38IO16-. The van der Waals surface area contributed by atoms with Gasteiger partial charge >= 0.3 is 216 Å². The Hall–Kier alpha value is -4.03. The molecule has 0 aromatic rings. The van der Waals surface area contributed by atoms with E-state index in [0.29, 0.717) is 21.0 Å². The second-order valence-corrected chi connectivity index (χ2v) is 12.1. The molecule has 0 fully saturated rings. The van der Waals surface area contributed by atoms with E-state index in [-0.39, 0.29) is 38.9 Å². The first-order valence-electron chi connectivity index (χ1n) is 13.5. The van der Waals surface area contributed by atoms with E-state index in [0.717, 1.165) is 12.2 Å². The van der Waals surface area contributed by atoms with Crippen molar-refractivity contribution in [3.63, 3.8) is 0 Å². The summed E-state index contributed by atoms with van der Waals surface area (Å²) in [5.74, 6) is -7.06. The quantitative estimate of drug-likeness (QED) is 0.0390. The molecule has 0 spiro atoms. The van der Waals surface area contributed by atoms with Gasteiger partial charge in [-0.25, -0.2) is 19.2 Å². The Balaban J connectivity index is 4.08. The summed E-state index contributed by atoms with van der Waals surface area (Å²) in [7, 11) is 0. The Morgan fingerprint density at radius 1 is 0.511 bits per heavy atom. The van der Waals surface area contributed by atoms with Gasteiger partial charge in [0, 0.05) is 24.3 Å². The van der Waals surface area contributed by atoms with Crippen LogP contribution < -0.4 is 21.2 Å². The predicted octanol–water partition coefficient (Wildman–Crippen LogP) is -2.27. The number of alkyl halides is 2. The Kier molecular flexibility index (Phi) is 21.3. The van der Waals surface area contributed by atoms with Crippen molar-refractivity contribution in [3.05, 3.63) is 24.3 Å². The van der Waals surface area contributed by atoms with Crippen LogP contribution in [0.3, 0.4) is 0 Å². The van der Waals surface area contributed by atoms with Crippen LogP contribution >= 0.6 is 0 Å². The molecule has 2 N–H and O–H groups in total. The normalized spacial score (nSPS) is 13.7. The van der Waals surface area contributed by atoms with Gasteiger partial charge in [0.15, 0.2) is 0 Å². The van der Waals surface area contributed by atoms with Crippen molar-refractivity contribution in [1.82, 2.24) is 0 Å². The van der Waals surface area contributed by atoms with Crippen molar-refractivity contribution in [2.45, 2.75) is 77.8 Å². The van der Waals surface area contributed by atoms with Gasteiger partial charge < -0.3 is 10.2 Å². The third-order valence-corrected chi connectivity index (χ3v) is 8.43. The van der Waals surface area contributed by atoms with Crippen LogP contribution in [0.15, 0.2) is 24.3 Å². The summed E-state index contributed by atoms with van der Waals surface area (Å²) in [6.07, 6.45) is -0.783. The fourth-order valence-electron chi connectivity index (χ4n) is 2.79. The molecule has 0 aliphatic heterocycles. The van der Waals surface area contributed by atoms with E-state index < -0.39 is 93.4 Å². The van der Waals surface area contributed by atoms with E-state index in [9.17, 15) is 38.4 Å². The van der Waals surface area contributed by atoms with E-state index in [1.54, 1.807) is 13.8 Å². The Morgan fingerprint density at radius 3 is 1.18 bits per heavy atom. The first kappa shape index (κ1) is 41.0. The molecular weight excluding hydrogens is 719 g/mol. The predicted molar refractivity (Wildman–Crippen MR) is 146 cm³/mol. The standard InChI is InChI=1S/C28H38IO16/c1-17(42-27(38)11-9-23(34)40-15-19(3)44-25(36)7-5-21(30)31)13-29-14-18(2)43-28(39)12-10-24(35)41-16-20(4)45-26(37)8-6-22(32)33/h5-8,17-20H,9-16H2,1-4H3,(H,30,31)(H,32,33)/q-1/b7-5+,8-6+. The second kappa shape index (κ2) is 23.4. The molecule has 4 atom stereocenters. The molecule has 0 amide bonds. The van der Waals surface area contributed by atoms with Crippen LogP contribution in [0.2, 0.25) is 0 Å². The van der Waals surface area contributed by atoms with E-state index in [4.69, 9.17) is 38.6 Å². The van der Waals surface area contributed by atoms with Gasteiger partial charge in [0.1, 0.15) is 0 Å². The van der Waals surface area contributed by atoms with Crippen LogP contribution in [0.25, 0.3) is 0 Å². The van der Waals surface area contributed by atoms with Crippen molar-refractivity contribution in [3.8, 4) is 0 Å². The van der Waals surface area contributed by atoms with Crippen molar-refractivity contribution >= 4 is 47.8 Å². The summed E-state index contributed by atoms with van der Waals surface area (Å²) in [6.45, 7) is 5.73. The Morgan fingerprint density at radius 2 is 0.844 bits per heavy atom. The van der Waals surface area contributed by atoms with Gasteiger partial charge in [-0.1, -0.05) is 0 Å². The van der Waals surface area contributed by atoms with Crippen LogP contribution in [0, 0.1) is 0 Å². The molecule has 0 rings (SSSR count). The van der Waals surface area contributed by atoms with Crippen molar-refractivity contribution in [1.29, 1.82) is 0 Å². The minimum Gasteiger partial charge on any atom is -0.478 e. The fraction of sp³-hybridized carbons (Fsp3) is 0.571. The number of esters is 6. The van der Waals surface area contributed by atoms with Crippen LogP contribution in [0.5, 0.6) is 0 Å². The summed E-state index contributed by atoms with van der Waals surface area (Å²) in [4.78, 5) is 91.2. The van der Waals surface area contributed by atoms with Gasteiger partial charge in [-0.2, -0.15) is 0 Å². The average Bonchev–Trinajstić information content (AvgIpc) is 2.94. The van der Waals surface area contributed by atoms with E-state index >= 15 is 0 Å². The SMILES string of the molecule is CC(COC(=O)CCC(=O)OC(C)C[I-]CC(C)OC(=O)CCC(=O)OCC(C)OC(=O)/C=C/C(=O)O)OC(=O)/C=C/C(=O)O. The fourth-order valence-corrected chi connectivity index (χ4v) is 5.27. The minimum absolute atomic E-state index is 0.221. The van der Waals surface area contributed by atoms with E-state index in [1.807, 2.05) is 0 Å². The summed E-state index contributed by atoms with van der Waals surface area (Å²) >= 11 is -0.516. The maximum atomic E-state index is 12.0. The molecule has 0 bridgehead atoms. The van der Waals surface area contributed by atoms with Gasteiger partial charge in [-0.15, -0.1) is 0 Å². The monoisotopic (exact) mass is 757 g/mol. The summed E-state index contributed by atoms with van der Waals surface area (Å²) in [6, 6.07) is 0. The number of carbonyl (C=O) groups is 8. The summed E-state index contributed by atoms with van der Waals surface area (Å²) in [5, 5.41) is 16.9.